The molecule has 1 heterocycles. The fourth-order valence-corrected chi connectivity index (χ4v) is 1.77. The molecule has 2 rings (SSSR count). The first-order valence-corrected chi connectivity index (χ1v) is 4.88. The minimum Gasteiger partial charge on any atom is -0.508 e. The van der Waals surface area contributed by atoms with Gasteiger partial charge >= 0.3 is 5.97 Å². The van der Waals surface area contributed by atoms with E-state index in [-0.39, 0.29) is 11.7 Å². The maximum Gasteiger partial charge on any atom is 0.309 e. The number of aliphatic carboxylic acids is 1. The van der Waals surface area contributed by atoms with Crippen LogP contribution in [-0.4, -0.2) is 34.2 Å². The van der Waals surface area contributed by atoms with Crippen LogP contribution in [-0.2, 0) is 11.3 Å². The topological polar surface area (TPSA) is 60.8 Å². The number of benzene rings is 1. The number of likely N-dealkylation sites (tertiary alicyclic amines) is 1. The Morgan fingerprint density at radius 2 is 2.20 bits per heavy atom. The Morgan fingerprint density at radius 1 is 1.47 bits per heavy atom. The van der Waals surface area contributed by atoms with E-state index in [2.05, 4.69) is 0 Å². The summed E-state index contributed by atoms with van der Waals surface area (Å²) in [6.07, 6.45) is 0. The van der Waals surface area contributed by atoms with Crippen LogP contribution in [0, 0.1) is 5.92 Å². The highest BCUT2D eigenvalue weighted by molar-refractivity contribution is 5.71. The first kappa shape index (κ1) is 9.98. The van der Waals surface area contributed by atoms with Crippen molar-refractivity contribution in [2.45, 2.75) is 6.54 Å². The van der Waals surface area contributed by atoms with Crippen LogP contribution in [0.1, 0.15) is 5.56 Å². The Balaban J connectivity index is 1.87. The molecule has 1 aromatic carbocycles. The fourth-order valence-electron chi connectivity index (χ4n) is 1.77. The van der Waals surface area contributed by atoms with Crippen molar-refractivity contribution in [1.29, 1.82) is 0 Å². The average molecular weight is 207 g/mol. The number of carboxylic acids is 1. The number of aromatic hydroxyl groups is 1. The first-order chi connectivity index (χ1) is 7.15. The van der Waals surface area contributed by atoms with Gasteiger partial charge in [-0.1, -0.05) is 12.1 Å². The molecule has 80 valence electrons. The molecule has 1 aromatic rings. The predicted molar refractivity (Wildman–Crippen MR) is 54.5 cm³/mol. The van der Waals surface area contributed by atoms with Gasteiger partial charge in [0.25, 0.3) is 0 Å². The van der Waals surface area contributed by atoms with E-state index in [1.165, 1.54) is 0 Å². The number of rotatable bonds is 3. The van der Waals surface area contributed by atoms with Gasteiger partial charge in [-0.15, -0.1) is 0 Å². The van der Waals surface area contributed by atoms with Crippen LogP contribution in [0.4, 0.5) is 0 Å². The molecule has 1 aliphatic rings. The quantitative estimate of drug-likeness (QED) is 0.773. The van der Waals surface area contributed by atoms with Gasteiger partial charge in [-0.2, -0.15) is 0 Å². The van der Waals surface area contributed by atoms with Crippen LogP contribution in [0.5, 0.6) is 5.75 Å². The Bertz CT molecular complexity index is 372. The fraction of sp³-hybridized carbons (Fsp3) is 0.364. The van der Waals surface area contributed by atoms with Gasteiger partial charge in [0.1, 0.15) is 5.75 Å². The van der Waals surface area contributed by atoms with E-state index >= 15 is 0 Å². The number of phenolic OH excluding ortho intramolecular Hbond substituents is 1. The molecular formula is C11H13NO3. The molecule has 0 aliphatic carbocycles. The summed E-state index contributed by atoms with van der Waals surface area (Å²) in [6.45, 7) is 1.91. The van der Waals surface area contributed by atoms with Crippen molar-refractivity contribution in [2.75, 3.05) is 13.1 Å². The molecule has 4 heteroatoms. The van der Waals surface area contributed by atoms with Gasteiger partial charge in [0.2, 0.25) is 0 Å². The van der Waals surface area contributed by atoms with Crippen molar-refractivity contribution in [3.63, 3.8) is 0 Å². The van der Waals surface area contributed by atoms with Gasteiger partial charge in [0.05, 0.1) is 5.92 Å². The molecule has 1 aliphatic heterocycles. The maximum atomic E-state index is 10.6. The highest BCUT2D eigenvalue weighted by Gasteiger charge is 2.31. The van der Waals surface area contributed by atoms with Crippen molar-refractivity contribution in [3.8, 4) is 5.75 Å². The van der Waals surface area contributed by atoms with E-state index in [0.717, 1.165) is 5.56 Å². The van der Waals surface area contributed by atoms with Gasteiger partial charge in [-0.05, 0) is 17.7 Å². The average Bonchev–Trinajstić information content (AvgIpc) is 2.10. The van der Waals surface area contributed by atoms with Crippen molar-refractivity contribution >= 4 is 5.97 Å². The first-order valence-electron chi connectivity index (χ1n) is 4.88. The lowest BCUT2D eigenvalue weighted by Crippen LogP contribution is -2.49. The van der Waals surface area contributed by atoms with E-state index in [9.17, 15) is 9.90 Å². The van der Waals surface area contributed by atoms with Crippen LogP contribution >= 0.6 is 0 Å². The molecule has 0 saturated carbocycles. The summed E-state index contributed by atoms with van der Waals surface area (Å²) in [5.41, 5.74) is 1.01. The zero-order valence-electron chi connectivity index (χ0n) is 8.26. The molecule has 0 aromatic heterocycles. The summed E-state index contributed by atoms with van der Waals surface area (Å²) < 4.78 is 0. The SMILES string of the molecule is O=C(O)C1CN(Cc2cccc(O)c2)C1. The number of carbonyl (C=O) groups is 1. The standard InChI is InChI=1S/C11H13NO3/c13-10-3-1-2-8(4-10)5-12-6-9(7-12)11(14)15/h1-4,9,13H,5-7H2,(H,14,15). The summed E-state index contributed by atoms with van der Waals surface area (Å²) in [7, 11) is 0. The number of hydrogen-bond donors (Lipinski definition) is 2. The van der Waals surface area contributed by atoms with E-state index in [4.69, 9.17) is 5.11 Å². The van der Waals surface area contributed by atoms with E-state index in [0.29, 0.717) is 19.6 Å². The van der Waals surface area contributed by atoms with Gasteiger partial charge in [0, 0.05) is 19.6 Å². The monoisotopic (exact) mass is 207 g/mol. The number of hydrogen-bond acceptors (Lipinski definition) is 3. The van der Waals surface area contributed by atoms with Crippen LogP contribution in [0.15, 0.2) is 24.3 Å². The van der Waals surface area contributed by atoms with Crippen LogP contribution in [0.3, 0.4) is 0 Å². The molecule has 1 fully saturated rings. The lowest BCUT2D eigenvalue weighted by molar-refractivity contribution is -0.147. The second-order valence-electron chi connectivity index (χ2n) is 3.90. The number of nitrogens with zero attached hydrogens (tertiary/aromatic N) is 1. The van der Waals surface area contributed by atoms with Crippen LogP contribution < -0.4 is 0 Å². The molecular weight excluding hydrogens is 194 g/mol. The highest BCUT2D eigenvalue weighted by atomic mass is 16.4. The third-order valence-electron chi connectivity index (χ3n) is 2.62. The lowest BCUT2D eigenvalue weighted by atomic mass is 9.99. The molecule has 15 heavy (non-hydrogen) atoms. The van der Waals surface area contributed by atoms with Gasteiger partial charge < -0.3 is 10.2 Å². The zero-order valence-corrected chi connectivity index (χ0v) is 8.26. The Morgan fingerprint density at radius 3 is 2.80 bits per heavy atom. The summed E-state index contributed by atoms with van der Waals surface area (Å²) in [6, 6.07) is 7.04. The third-order valence-corrected chi connectivity index (χ3v) is 2.62. The largest absolute Gasteiger partial charge is 0.508 e. The maximum absolute atomic E-state index is 10.6. The Hall–Kier alpha value is -1.55. The smallest absolute Gasteiger partial charge is 0.309 e. The van der Waals surface area contributed by atoms with Crippen molar-refractivity contribution in [1.82, 2.24) is 4.90 Å². The van der Waals surface area contributed by atoms with E-state index < -0.39 is 5.97 Å². The van der Waals surface area contributed by atoms with Crippen molar-refractivity contribution in [3.05, 3.63) is 29.8 Å². The molecule has 4 nitrogen and oxygen atoms in total. The molecule has 0 radical (unpaired) electrons. The second-order valence-corrected chi connectivity index (χ2v) is 3.90. The van der Waals surface area contributed by atoms with E-state index in [1.807, 2.05) is 11.0 Å². The summed E-state index contributed by atoms with van der Waals surface area (Å²) >= 11 is 0. The summed E-state index contributed by atoms with van der Waals surface area (Å²) in [5.74, 6) is -0.688. The normalized spacial score (nSPS) is 17.3. The molecule has 0 atom stereocenters. The molecule has 1 saturated heterocycles. The summed E-state index contributed by atoms with van der Waals surface area (Å²) in [4.78, 5) is 12.6. The van der Waals surface area contributed by atoms with E-state index in [1.54, 1.807) is 18.2 Å². The van der Waals surface area contributed by atoms with Crippen molar-refractivity contribution in [2.24, 2.45) is 5.92 Å². The molecule has 0 bridgehead atoms. The highest BCUT2D eigenvalue weighted by Crippen LogP contribution is 2.20. The second kappa shape index (κ2) is 3.90. The Labute approximate surface area is 87.8 Å². The molecule has 0 unspecified atom stereocenters. The zero-order chi connectivity index (χ0) is 10.8. The lowest BCUT2D eigenvalue weighted by Gasteiger charge is -2.36. The predicted octanol–water partition coefficient (Wildman–Crippen LogP) is 0.909. The Kier molecular flexibility index (Phi) is 2.60. The number of carboxylic acid groups (broad SMARTS) is 1. The van der Waals surface area contributed by atoms with Gasteiger partial charge in [-0.25, -0.2) is 0 Å². The van der Waals surface area contributed by atoms with Gasteiger partial charge in [-0.3, -0.25) is 9.69 Å². The minimum atomic E-state index is -0.720. The molecule has 0 amide bonds. The van der Waals surface area contributed by atoms with Crippen LogP contribution in [0.2, 0.25) is 0 Å². The number of phenols is 1. The minimum absolute atomic E-state index is 0.220. The van der Waals surface area contributed by atoms with Crippen molar-refractivity contribution < 1.29 is 15.0 Å². The van der Waals surface area contributed by atoms with Crippen LogP contribution in [0.25, 0.3) is 0 Å². The van der Waals surface area contributed by atoms with Gasteiger partial charge in [0.15, 0.2) is 0 Å². The summed E-state index contributed by atoms with van der Waals surface area (Å²) in [5, 5.41) is 17.9. The third kappa shape index (κ3) is 2.27. The molecule has 2 N–H and O–H groups in total. The molecule has 0 spiro atoms.